The van der Waals surface area contributed by atoms with Crippen LogP contribution in [0.1, 0.15) is 12.8 Å². The molecule has 14 heavy (non-hydrogen) atoms. The smallest absolute Gasteiger partial charge is 0.407 e. The molecule has 0 bridgehead atoms. The summed E-state index contributed by atoms with van der Waals surface area (Å²) in [4.78, 5) is 14.9. The average molecular weight is 196 g/mol. The molecule has 0 aromatic heterocycles. The second kappa shape index (κ2) is 3.06. The van der Waals surface area contributed by atoms with E-state index in [-0.39, 0.29) is 5.41 Å². The first-order valence-electron chi connectivity index (χ1n) is 4.67. The van der Waals surface area contributed by atoms with Crippen LogP contribution in [0.15, 0.2) is 5.11 Å². The van der Waals surface area contributed by atoms with Gasteiger partial charge in [0, 0.05) is 24.5 Å². The van der Waals surface area contributed by atoms with Crippen molar-refractivity contribution in [1.82, 2.24) is 4.90 Å². The zero-order valence-corrected chi connectivity index (χ0v) is 7.76. The maximum atomic E-state index is 10.7. The molecule has 1 saturated carbocycles. The van der Waals surface area contributed by atoms with Gasteiger partial charge in [0.2, 0.25) is 0 Å². The zero-order chi connectivity index (χ0) is 10.2. The topological polar surface area (TPSA) is 89.3 Å². The van der Waals surface area contributed by atoms with Gasteiger partial charge in [0.25, 0.3) is 0 Å². The molecule has 1 aliphatic heterocycles. The van der Waals surface area contributed by atoms with Crippen molar-refractivity contribution < 1.29 is 9.90 Å². The molecule has 6 heteroatoms. The summed E-state index contributed by atoms with van der Waals surface area (Å²) in [6.07, 6.45) is 1.09. The molecule has 6 nitrogen and oxygen atoms in total. The molecule has 76 valence electrons. The third-order valence-electron chi connectivity index (χ3n) is 3.38. The Morgan fingerprint density at radius 3 is 3.14 bits per heavy atom. The van der Waals surface area contributed by atoms with Crippen molar-refractivity contribution in [2.75, 3.05) is 19.6 Å². The number of hydrogen-bond donors (Lipinski definition) is 1. The van der Waals surface area contributed by atoms with Gasteiger partial charge < -0.3 is 10.0 Å². The Morgan fingerprint density at radius 2 is 2.57 bits per heavy atom. The summed E-state index contributed by atoms with van der Waals surface area (Å²) in [6, 6.07) is 0. The lowest BCUT2D eigenvalue weighted by Gasteiger charge is -2.11. The molecule has 2 aliphatic rings. The van der Waals surface area contributed by atoms with Crippen molar-refractivity contribution in [3.05, 3.63) is 10.4 Å². The first-order valence-corrected chi connectivity index (χ1v) is 4.67. The van der Waals surface area contributed by atoms with Crippen molar-refractivity contribution in [3.63, 3.8) is 0 Å². The molecule has 0 radical (unpaired) electrons. The van der Waals surface area contributed by atoms with E-state index in [0.29, 0.717) is 25.6 Å². The molecular formula is C8H12N4O2. The lowest BCUT2D eigenvalue weighted by molar-refractivity contribution is 0.153. The highest BCUT2D eigenvalue weighted by molar-refractivity contribution is 5.65. The molecule has 0 aromatic rings. The van der Waals surface area contributed by atoms with Gasteiger partial charge in [-0.05, 0) is 29.7 Å². The summed E-state index contributed by atoms with van der Waals surface area (Å²) in [6.45, 7) is 1.76. The Morgan fingerprint density at radius 1 is 1.79 bits per heavy atom. The third-order valence-corrected chi connectivity index (χ3v) is 3.38. The van der Waals surface area contributed by atoms with E-state index in [9.17, 15) is 4.79 Å². The van der Waals surface area contributed by atoms with Crippen molar-refractivity contribution in [2.24, 2.45) is 16.4 Å². The molecule has 2 unspecified atom stereocenters. The second-order valence-corrected chi connectivity index (χ2v) is 4.13. The fourth-order valence-electron chi connectivity index (χ4n) is 2.38. The molecule has 1 amide bonds. The Kier molecular flexibility index (Phi) is 2.00. The number of hydrogen-bond acceptors (Lipinski definition) is 2. The monoisotopic (exact) mass is 196 g/mol. The maximum Gasteiger partial charge on any atom is 0.407 e. The summed E-state index contributed by atoms with van der Waals surface area (Å²) in [5.41, 5.74) is 8.31. The summed E-state index contributed by atoms with van der Waals surface area (Å²) >= 11 is 0. The van der Waals surface area contributed by atoms with Crippen LogP contribution in [-0.2, 0) is 0 Å². The van der Waals surface area contributed by atoms with E-state index in [1.807, 2.05) is 0 Å². The van der Waals surface area contributed by atoms with Crippen LogP contribution in [0.5, 0.6) is 0 Å². The van der Waals surface area contributed by atoms with Gasteiger partial charge in [-0.1, -0.05) is 5.11 Å². The number of rotatable bonds is 2. The predicted octanol–water partition coefficient (Wildman–Crippen LogP) is 1.69. The number of amides is 1. The number of azide groups is 1. The highest BCUT2D eigenvalue weighted by Gasteiger charge is 2.57. The van der Waals surface area contributed by atoms with Gasteiger partial charge in [0.15, 0.2) is 0 Å². The van der Waals surface area contributed by atoms with E-state index in [1.165, 1.54) is 4.90 Å². The van der Waals surface area contributed by atoms with Crippen LogP contribution in [-0.4, -0.2) is 35.7 Å². The lowest BCUT2D eigenvalue weighted by Crippen LogP contribution is -2.27. The van der Waals surface area contributed by atoms with Crippen LogP contribution in [0.2, 0.25) is 0 Å². The van der Waals surface area contributed by atoms with Crippen molar-refractivity contribution >= 4 is 6.09 Å². The summed E-state index contributed by atoms with van der Waals surface area (Å²) in [5, 5.41) is 12.3. The number of likely N-dealkylation sites (tertiary alicyclic amines) is 1. The standard InChI is InChI=1S/C8H12N4O2/c9-11-10-4-6-3-8(6)1-2-12(5-8)7(13)14/h6H,1-5H2,(H,13,14). The maximum absolute atomic E-state index is 10.7. The van der Waals surface area contributed by atoms with Crippen LogP contribution in [0.25, 0.3) is 10.4 Å². The fraction of sp³-hybridized carbons (Fsp3) is 0.875. The second-order valence-electron chi connectivity index (χ2n) is 4.13. The molecule has 1 saturated heterocycles. The fourth-order valence-corrected chi connectivity index (χ4v) is 2.38. The first kappa shape index (κ1) is 9.15. The molecule has 1 heterocycles. The van der Waals surface area contributed by atoms with Crippen molar-refractivity contribution in [3.8, 4) is 0 Å². The predicted molar refractivity (Wildman–Crippen MR) is 48.8 cm³/mol. The van der Waals surface area contributed by atoms with Crippen LogP contribution in [0.4, 0.5) is 4.79 Å². The minimum absolute atomic E-state index is 0.145. The molecule has 1 spiro atoms. The minimum Gasteiger partial charge on any atom is -0.465 e. The number of carboxylic acid groups (broad SMARTS) is 1. The average Bonchev–Trinajstić information content (AvgIpc) is 2.59. The van der Waals surface area contributed by atoms with Crippen LogP contribution >= 0.6 is 0 Å². The van der Waals surface area contributed by atoms with Gasteiger partial charge in [-0.3, -0.25) is 0 Å². The van der Waals surface area contributed by atoms with Crippen LogP contribution < -0.4 is 0 Å². The number of carbonyl (C=O) groups is 1. The molecule has 2 fully saturated rings. The zero-order valence-electron chi connectivity index (χ0n) is 7.76. The van der Waals surface area contributed by atoms with Gasteiger partial charge in [0.1, 0.15) is 0 Å². The molecule has 1 N–H and O–H groups in total. The minimum atomic E-state index is -0.837. The highest BCUT2D eigenvalue weighted by Crippen LogP contribution is 2.58. The van der Waals surface area contributed by atoms with Gasteiger partial charge in [0.05, 0.1) is 0 Å². The first-order chi connectivity index (χ1) is 6.68. The highest BCUT2D eigenvalue weighted by atomic mass is 16.4. The van der Waals surface area contributed by atoms with Gasteiger partial charge in [-0.2, -0.15) is 0 Å². The van der Waals surface area contributed by atoms with E-state index in [1.54, 1.807) is 0 Å². The molecule has 2 atom stereocenters. The third kappa shape index (κ3) is 1.37. The van der Waals surface area contributed by atoms with Crippen molar-refractivity contribution in [1.29, 1.82) is 0 Å². The SMILES string of the molecule is [N-]=[N+]=NCC1CC12CCN(C(=O)O)C2. The molecule has 2 rings (SSSR count). The molecular weight excluding hydrogens is 184 g/mol. The van der Waals surface area contributed by atoms with Crippen LogP contribution in [0, 0.1) is 11.3 Å². The Labute approximate surface area is 81.1 Å². The Hall–Kier alpha value is -1.42. The number of nitrogens with zero attached hydrogens (tertiary/aromatic N) is 4. The van der Waals surface area contributed by atoms with Gasteiger partial charge in [-0.15, -0.1) is 0 Å². The lowest BCUT2D eigenvalue weighted by atomic mass is 10.0. The van der Waals surface area contributed by atoms with E-state index < -0.39 is 6.09 Å². The van der Waals surface area contributed by atoms with Gasteiger partial charge in [-0.25, -0.2) is 4.79 Å². The molecule has 1 aliphatic carbocycles. The quantitative estimate of drug-likeness (QED) is 0.413. The Bertz CT molecular complexity index is 312. The van der Waals surface area contributed by atoms with E-state index in [2.05, 4.69) is 10.0 Å². The normalized spacial score (nSPS) is 34.3. The summed E-state index contributed by atoms with van der Waals surface area (Å²) in [5.74, 6) is 0.405. The van der Waals surface area contributed by atoms with Crippen LogP contribution in [0.3, 0.4) is 0 Å². The molecule has 0 aromatic carbocycles. The summed E-state index contributed by atoms with van der Waals surface area (Å²) in [7, 11) is 0. The Balaban J connectivity index is 1.91. The van der Waals surface area contributed by atoms with Crippen molar-refractivity contribution in [2.45, 2.75) is 12.8 Å². The van der Waals surface area contributed by atoms with E-state index >= 15 is 0 Å². The van der Waals surface area contributed by atoms with E-state index in [0.717, 1.165) is 12.8 Å². The largest absolute Gasteiger partial charge is 0.465 e. The summed E-state index contributed by atoms with van der Waals surface area (Å²) < 4.78 is 0. The van der Waals surface area contributed by atoms with E-state index in [4.69, 9.17) is 10.6 Å². The van der Waals surface area contributed by atoms with Gasteiger partial charge >= 0.3 is 6.09 Å².